The Hall–Kier alpha value is -1.35. The van der Waals surface area contributed by atoms with Gasteiger partial charge in [-0.2, -0.15) is 0 Å². The summed E-state index contributed by atoms with van der Waals surface area (Å²) in [5.41, 5.74) is 3.57. The first-order valence-electron chi connectivity index (χ1n) is 6.34. The van der Waals surface area contributed by atoms with Crippen molar-refractivity contribution in [3.05, 3.63) is 29.3 Å². The summed E-state index contributed by atoms with van der Waals surface area (Å²) in [6.07, 6.45) is 3.77. The van der Waals surface area contributed by atoms with Gasteiger partial charge in [-0.1, -0.05) is 25.5 Å². The lowest BCUT2D eigenvalue weighted by molar-refractivity contribution is -0.116. The quantitative estimate of drug-likeness (QED) is 0.838. The van der Waals surface area contributed by atoms with E-state index in [0.717, 1.165) is 18.5 Å². The molecule has 1 aliphatic rings. The van der Waals surface area contributed by atoms with Crippen LogP contribution in [0, 0.1) is 0 Å². The first kappa shape index (κ1) is 12.1. The molecule has 0 bridgehead atoms. The third-order valence-corrected chi connectivity index (χ3v) is 3.35. The van der Waals surface area contributed by atoms with Crippen molar-refractivity contribution in [2.75, 3.05) is 12.4 Å². The first-order chi connectivity index (χ1) is 8.24. The lowest BCUT2D eigenvalue weighted by atomic mass is 9.95. The van der Waals surface area contributed by atoms with Crippen LogP contribution in [0.2, 0.25) is 0 Å². The van der Waals surface area contributed by atoms with Gasteiger partial charge in [0, 0.05) is 18.2 Å². The number of hydrogen-bond acceptors (Lipinski definition) is 2. The molecule has 0 fully saturated rings. The molecule has 0 radical (unpaired) electrons. The Morgan fingerprint density at radius 2 is 2.24 bits per heavy atom. The Morgan fingerprint density at radius 1 is 1.41 bits per heavy atom. The summed E-state index contributed by atoms with van der Waals surface area (Å²) >= 11 is 0. The number of fused-ring (bicyclic) bond motifs is 1. The highest BCUT2D eigenvalue weighted by Crippen LogP contribution is 2.27. The standard InChI is InChI=1S/C14H20N2O/c1-3-4-12(15-2)10-5-7-13-11(9-10)6-8-14(17)16-13/h5,7,9,12,15H,3-4,6,8H2,1-2H3,(H,16,17). The molecule has 1 aromatic carbocycles. The molecular formula is C14H20N2O. The zero-order valence-corrected chi connectivity index (χ0v) is 10.5. The van der Waals surface area contributed by atoms with Crippen molar-refractivity contribution in [2.45, 2.75) is 38.6 Å². The smallest absolute Gasteiger partial charge is 0.224 e. The lowest BCUT2D eigenvalue weighted by Gasteiger charge is -2.21. The molecule has 1 aromatic rings. The van der Waals surface area contributed by atoms with E-state index in [1.807, 2.05) is 13.1 Å². The maximum atomic E-state index is 11.3. The van der Waals surface area contributed by atoms with Crippen LogP contribution in [0.5, 0.6) is 0 Å². The molecule has 2 rings (SSSR count). The van der Waals surface area contributed by atoms with Crippen LogP contribution >= 0.6 is 0 Å². The van der Waals surface area contributed by atoms with Crippen LogP contribution in [0.4, 0.5) is 5.69 Å². The highest BCUT2D eigenvalue weighted by Gasteiger charge is 2.16. The average molecular weight is 232 g/mol. The van der Waals surface area contributed by atoms with E-state index in [9.17, 15) is 4.79 Å². The molecule has 1 unspecified atom stereocenters. The molecule has 92 valence electrons. The van der Waals surface area contributed by atoms with Crippen molar-refractivity contribution >= 4 is 11.6 Å². The SMILES string of the molecule is CCCC(NC)c1ccc2c(c1)CCC(=O)N2. The number of aryl methyl sites for hydroxylation is 1. The molecule has 1 amide bonds. The maximum absolute atomic E-state index is 11.3. The summed E-state index contributed by atoms with van der Waals surface area (Å²) < 4.78 is 0. The zero-order valence-electron chi connectivity index (χ0n) is 10.5. The zero-order chi connectivity index (χ0) is 12.3. The predicted molar refractivity (Wildman–Crippen MR) is 70.1 cm³/mol. The molecule has 0 aromatic heterocycles. The van der Waals surface area contributed by atoms with Crippen molar-refractivity contribution < 1.29 is 4.79 Å². The predicted octanol–water partition coefficient (Wildman–Crippen LogP) is 2.63. The van der Waals surface area contributed by atoms with Crippen LogP contribution in [0.25, 0.3) is 0 Å². The van der Waals surface area contributed by atoms with Crippen molar-refractivity contribution in [1.29, 1.82) is 0 Å². The Bertz CT molecular complexity index is 415. The summed E-state index contributed by atoms with van der Waals surface area (Å²) in [7, 11) is 2.00. The Balaban J connectivity index is 2.23. The van der Waals surface area contributed by atoms with Crippen LogP contribution in [0.15, 0.2) is 18.2 Å². The molecule has 1 heterocycles. The third-order valence-electron chi connectivity index (χ3n) is 3.35. The van der Waals surface area contributed by atoms with Gasteiger partial charge in [0.15, 0.2) is 0 Å². The molecule has 17 heavy (non-hydrogen) atoms. The summed E-state index contributed by atoms with van der Waals surface area (Å²) in [4.78, 5) is 11.3. The maximum Gasteiger partial charge on any atom is 0.224 e. The van der Waals surface area contributed by atoms with Gasteiger partial charge < -0.3 is 10.6 Å². The van der Waals surface area contributed by atoms with E-state index in [0.29, 0.717) is 12.5 Å². The topological polar surface area (TPSA) is 41.1 Å². The minimum Gasteiger partial charge on any atom is -0.326 e. The van der Waals surface area contributed by atoms with E-state index in [1.165, 1.54) is 17.5 Å². The highest BCUT2D eigenvalue weighted by molar-refractivity contribution is 5.93. The summed E-state index contributed by atoms with van der Waals surface area (Å²) in [5.74, 6) is 0.129. The number of anilines is 1. The van der Waals surface area contributed by atoms with Crippen LogP contribution in [0.3, 0.4) is 0 Å². The van der Waals surface area contributed by atoms with Crippen LogP contribution in [0.1, 0.15) is 43.4 Å². The van der Waals surface area contributed by atoms with Crippen molar-refractivity contribution in [1.82, 2.24) is 5.32 Å². The number of rotatable bonds is 4. The Kier molecular flexibility index (Phi) is 3.79. The summed E-state index contributed by atoms with van der Waals surface area (Å²) in [6, 6.07) is 6.79. The molecule has 3 nitrogen and oxygen atoms in total. The first-order valence-corrected chi connectivity index (χ1v) is 6.34. The minimum atomic E-state index is 0.129. The molecule has 2 N–H and O–H groups in total. The fourth-order valence-corrected chi connectivity index (χ4v) is 2.39. The highest BCUT2D eigenvalue weighted by atomic mass is 16.1. The molecule has 3 heteroatoms. The van der Waals surface area contributed by atoms with Crippen molar-refractivity contribution in [3.63, 3.8) is 0 Å². The molecule has 1 aliphatic heterocycles. The Morgan fingerprint density at radius 3 is 2.94 bits per heavy atom. The fourth-order valence-electron chi connectivity index (χ4n) is 2.39. The van der Waals surface area contributed by atoms with E-state index in [1.54, 1.807) is 0 Å². The average Bonchev–Trinajstić information content (AvgIpc) is 2.35. The van der Waals surface area contributed by atoms with Gasteiger partial charge in [0.2, 0.25) is 5.91 Å². The van der Waals surface area contributed by atoms with Gasteiger partial charge in [-0.3, -0.25) is 4.79 Å². The lowest BCUT2D eigenvalue weighted by Crippen LogP contribution is -2.20. The van der Waals surface area contributed by atoms with Gasteiger partial charge in [-0.15, -0.1) is 0 Å². The second-order valence-electron chi connectivity index (χ2n) is 4.59. The van der Waals surface area contributed by atoms with Gasteiger partial charge in [-0.25, -0.2) is 0 Å². The Labute approximate surface area is 103 Å². The number of amides is 1. The second-order valence-corrected chi connectivity index (χ2v) is 4.59. The van der Waals surface area contributed by atoms with Gasteiger partial charge in [0.1, 0.15) is 0 Å². The minimum absolute atomic E-state index is 0.129. The number of nitrogens with one attached hydrogen (secondary N) is 2. The molecule has 0 aliphatic carbocycles. The number of hydrogen-bond donors (Lipinski definition) is 2. The van der Waals surface area contributed by atoms with E-state index >= 15 is 0 Å². The number of carbonyl (C=O) groups excluding carboxylic acids is 1. The largest absolute Gasteiger partial charge is 0.326 e. The van der Waals surface area contributed by atoms with Gasteiger partial charge in [0.25, 0.3) is 0 Å². The van der Waals surface area contributed by atoms with Crippen molar-refractivity contribution in [3.8, 4) is 0 Å². The van der Waals surface area contributed by atoms with E-state index in [-0.39, 0.29) is 5.91 Å². The molecule has 0 spiro atoms. The summed E-state index contributed by atoms with van der Waals surface area (Å²) in [5, 5.41) is 6.26. The monoisotopic (exact) mass is 232 g/mol. The van der Waals surface area contributed by atoms with Crippen LogP contribution in [-0.2, 0) is 11.2 Å². The second kappa shape index (κ2) is 5.32. The molecule has 1 atom stereocenters. The fraction of sp³-hybridized carbons (Fsp3) is 0.500. The van der Waals surface area contributed by atoms with Gasteiger partial charge in [0.05, 0.1) is 0 Å². The third kappa shape index (κ3) is 2.67. The van der Waals surface area contributed by atoms with E-state index < -0.39 is 0 Å². The van der Waals surface area contributed by atoms with Gasteiger partial charge >= 0.3 is 0 Å². The molecular weight excluding hydrogens is 212 g/mol. The summed E-state index contributed by atoms with van der Waals surface area (Å²) in [6.45, 7) is 2.20. The number of carbonyl (C=O) groups is 1. The molecule has 0 saturated carbocycles. The van der Waals surface area contributed by atoms with Crippen molar-refractivity contribution in [2.24, 2.45) is 0 Å². The molecule has 0 saturated heterocycles. The number of benzene rings is 1. The van der Waals surface area contributed by atoms with E-state index in [4.69, 9.17) is 0 Å². The van der Waals surface area contributed by atoms with Gasteiger partial charge in [-0.05, 0) is 37.1 Å². The van der Waals surface area contributed by atoms with E-state index in [2.05, 4.69) is 29.7 Å². The van der Waals surface area contributed by atoms with Crippen LogP contribution in [-0.4, -0.2) is 13.0 Å². The van der Waals surface area contributed by atoms with Crippen LogP contribution < -0.4 is 10.6 Å². The normalized spacial score (nSPS) is 16.2.